The molecule has 4 rings (SSSR count). The van der Waals surface area contributed by atoms with E-state index in [1.54, 1.807) is 61.5 Å². The molecule has 1 amide bonds. The number of carbonyl (C=O) groups is 1. The lowest BCUT2D eigenvalue weighted by Crippen LogP contribution is -2.49. The highest BCUT2D eigenvalue weighted by Crippen LogP contribution is 2.35. The standard InChI is InChI=1S/C27H32N2O5S2/c1-19(2)29(36(31,32)21-11-9-20(3)10-12-21)17-27(30)28-15-13-26-22(14-16-35-26)23(28)18-34-25-8-6-5-7-24(25)33-4/h5-12,14,16,19,23H,13,15,17-18H2,1-4H3. The van der Waals surface area contributed by atoms with Crippen molar-refractivity contribution in [2.24, 2.45) is 0 Å². The van der Waals surface area contributed by atoms with Crippen molar-refractivity contribution in [3.63, 3.8) is 0 Å². The molecule has 2 aromatic carbocycles. The molecule has 0 radical (unpaired) electrons. The van der Waals surface area contributed by atoms with Gasteiger partial charge in [-0.05, 0) is 68.5 Å². The molecule has 7 nitrogen and oxygen atoms in total. The maximum absolute atomic E-state index is 13.7. The third kappa shape index (κ3) is 5.43. The lowest BCUT2D eigenvalue weighted by atomic mass is 10.0. The molecule has 0 N–H and O–H groups in total. The van der Waals surface area contributed by atoms with E-state index in [2.05, 4.69) is 0 Å². The molecule has 36 heavy (non-hydrogen) atoms. The molecule has 192 valence electrons. The molecule has 0 spiro atoms. The van der Waals surface area contributed by atoms with Gasteiger partial charge in [0.05, 0.1) is 24.6 Å². The van der Waals surface area contributed by atoms with Crippen molar-refractivity contribution in [2.45, 2.75) is 44.2 Å². The highest BCUT2D eigenvalue weighted by atomic mass is 32.2. The summed E-state index contributed by atoms with van der Waals surface area (Å²) >= 11 is 1.67. The molecule has 2 heterocycles. The van der Waals surface area contributed by atoms with Crippen LogP contribution in [0.1, 0.15) is 35.9 Å². The number of methoxy groups -OCH3 is 1. The number of fused-ring (bicyclic) bond motifs is 1. The largest absolute Gasteiger partial charge is 0.493 e. The second kappa shape index (κ2) is 11.0. The fourth-order valence-electron chi connectivity index (χ4n) is 4.40. The molecule has 9 heteroatoms. The maximum atomic E-state index is 13.7. The maximum Gasteiger partial charge on any atom is 0.243 e. The highest BCUT2D eigenvalue weighted by Gasteiger charge is 2.36. The van der Waals surface area contributed by atoms with Gasteiger partial charge in [-0.2, -0.15) is 4.31 Å². The molecule has 1 atom stereocenters. The molecule has 1 aliphatic heterocycles. The van der Waals surface area contributed by atoms with Gasteiger partial charge in [-0.25, -0.2) is 8.42 Å². The van der Waals surface area contributed by atoms with Gasteiger partial charge in [0.25, 0.3) is 0 Å². The van der Waals surface area contributed by atoms with Gasteiger partial charge < -0.3 is 14.4 Å². The Morgan fingerprint density at radius 1 is 1.11 bits per heavy atom. The molecule has 1 aliphatic rings. The van der Waals surface area contributed by atoms with E-state index in [0.29, 0.717) is 18.0 Å². The van der Waals surface area contributed by atoms with Crippen LogP contribution < -0.4 is 9.47 Å². The minimum atomic E-state index is -3.84. The van der Waals surface area contributed by atoms with Crippen LogP contribution >= 0.6 is 11.3 Å². The Balaban J connectivity index is 1.58. The van der Waals surface area contributed by atoms with Crippen LogP contribution in [0.25, 0.3) is 0 Å². The van der Waals surface area contributed by atoms with E-state index in [0.717, 1.165) is 17.5 Å². The Morgan fingerprint density at radius 3 is 2.47 bits per heavy atom. The second-order valence-corrected chi connectivity index (χ2v) is 12.0. The summed E-state index contributed by atoms with van der Waals surface area (Å²) in [5.41, 5.74) is 2.02. The number of para-hydroxylation sites is 2. The summed E-state index contributed by atoms with van der Waals surface area (Å²) in [5, 5.41) is 2.02. The Labute approximate surface area is 217 Å². The van der Waals surface area contributed by atoms with Gasteiger partial charge in [-0.15, -0.1) is 11.3 Å². The van der Waals surface area contributed by atoms with Crippen molar-refractivity contribution in [3.8, 4) is 11.5 Å². The third-order valence-electron chi connectivity index (χ3n) is 6.38. The number of sulfonamides is 1. The van der Waals surface area contributed by atoms with Crippen LogP contribution in [0.15, 0.2) is 64.9 Å². The number of nitrogens with zero attached hydrogens (tertiary/aromatic N) is 2. The first-order valence-corrected chi connectivity index (χ1v) is 14.2. The van der Waals surface area contributed by atoms with Crippen molar-refractivity contribution in [1.29, 1.82) is 0 Å². The van der Waals surface area contributed by atoms with Gasteiger partial charge in [-0.1, -0.05) is 29.8 Å². The Morgan fingerprint density at radius 2 is 1.81 bits per heavy atom. The second-order valence-electron chi connectivity index (χ2n) is 9.07. The summed E-state index contributed by atoms with van der Waals surface area (Å²) in [6.07, 6.45) is 0.732. The topological polar surface area (TPSA) is 76.2 Å². The van der Waals surface area contributed by atoms with E-state index in [-0.39, 0.29) is 36.0 Å². The van der Waals surface area contributed by atoms with E-state index in [1.165, 1.54) is 9.18 Å². The number of thiophene rings is 1. The molecule has 0 saturated carbocycles. The molecule has 0 aliphatic carbocycles. The van der Waals surface area contributed by atoms with E-state index in [1.807, 2.05) is 42.6 Å². The number of amides is 1. The first-order valence-electron chi connectivity index (χ1n) is 11.9. The summed E-state index contributed by atoms with van der Waals surface area (Å²) in [5.74, 6) is 0.970. The summed E-state index contributed by atoms with van der Waals surface area (Å²) in [4.78, 5) is 16.8. The number of carbonyl (C=O) groups excluding carboxylic acids is 1. The number of hydrogen-bond donors (Lipinski definition) is 0. The average Bonchev–Trinajstić information content (AvgIpc) is 3.35. The number of hydrogen-bond acceptors (Lipinski definition) is 6. The Bertz CT molecular complexity index is 1300. The fourth-order valence-corrected chi connectivity index (χ4v) is 6.91. The van der Waals surface area contributed by atoms with Crippen LogP contribution in [0.2, 0.25) is 0 Å². The number of aryl methyl sites for hydroxylation is 1. The van der Waals surface area contributed by atoms with Crippen molar-refractivity contribution >= 4 is 27.3 Å². The monoisotopic (exact) mass is 528 g/mol. The van der Waals surface area contributed by atoms with Crippen molar-refractivity contribution in [1.82, 2.24) is 9.21 Å². The lowest BCUT2D eigenvalue weighted by Gasteiger charge is -2.37. The van der Waals surface area contributed by atoms with E-state index in [9.17, 15) is 13.2 Å². The van der Waals surface area contributed by atoms with Gasteiger partial charge in [0.1, 0.15) is 6.61 Å². The van der Waals surface area contributed by atoms with Crippen molar-refractivity contribution < 1.29 is 22.7 Å². The van der Waals surface area contributed by atoms with Crippen molar-refractivity contribution in [2.75, 3.05) is 26.8 Å². The first-order chi connectivity index (χ1) is 17.2. The zero-order valence-electron chi connectivity index (χ0n) is 21.0. The van der Waals surface area contributed by atoms with Crippen LogP contribution in [0.5, 0.6) is 11.5 Å². The average molecular weight is 529 g/mol. The first kappa shape index (κ1) is 26.2. The van der Waals surface area contributed by atoms with Crippen LogP contribution in [-0.2, 0) is 21.2 Å². The molecule has 1 aromatic heterocycles. The van der Waals surface area contributed by atoms with Crippen LogP contribution in [0, 0.1) is 6.92 Å². The Kier molecular flexibility index (Phi) is 8.02. The molecule has 3 aromatic rings. The molecular formula is C27H32N2O5S2. The van der Waals surface area contributed by atoms with E-state index >= 15 is 0 Å². The summed E-state index contributed by atoms with van der Waals surface area (Å²) < 4.78 is 39.7. The minimum absolute atomic E-state index is 0.185. The number of benzene rings is 2. The smallest absolute Gasteiger partial charge is 0.243 e. The van der Waals surface area contributed by atoms with Crippen LogP contribution in [-0.4, -0.2) is 56.4 Å². The molecular weight excluding hydrogens is 496 g/mol. The van der Waals surface area contributed by atoms with Gasteiger partial charge in [0.2, 0.25) is 15.9 Å². The molecule has 0 saturated heterocycles. The normalized spacial score (nSPS) is 15.7. The van der Waals surface area contributed by atoms with Crippen molar-refractivity contribution in [3.05, 3.63) is 76.0 Å². The SMILES string of the molecule is COc1ccccc1OCC1c2ccsc2CCN1C(=O)CN(C(C)C)S(=O)(=O)c1ccc(C)cc1. The lowest BCUT2D eigenvalue weighted by molar-refractivity contribution is -0.135. The van der Waals surface area contributed by atoms with Gasteiger partial charge in [0, 0.05) is 17.5 Å². The van der Waals surface area contributed by atoms with E-state index in [4.69, 9.17) is 9.47 Å². The highest BCUT2D eigenvalue weighted by molar-refractivity contribution is 7.89. The summed E-state index contributed by atoms with van der Waals surface area (Å²) in [7, 11) is -2.25. The third-order valence-corrected chi connectivity index (χ3v) is 9.41. The van der Waals surface area contributed by atoms with Gasteiger partial charge in [0.15, 0.2) is 11.5 Å². The predicted molar refractivity (Wildman–Crippen MR) is 141 cm³/mol. The number of ether oxygens (including phenoxy) is 2. The molecule has 0 fully saturated rings. The quantitative estimate of drug-likeness (QED) is 0.404. The number of rotatable bonds is 9. The van der Waals surface area contributed by atoms with Crippen LogP contribution in [0.4, 0.5) is 0 Å². The van der Waals surface area contributed by atoms with Crippen LogP contribution in [0.3, 0.4) is 0 Å². The summed E-state index contributed by atoms with van der Waals surface area (Å²) in [6.45, 7) is 5.98. The molecule has 0 bridgehead atoms. The predicted octanol–water partition coefficient (Wildman–Crippen LogP) is 4.67. The minimum Gasteiger partial charge on any atom is -0.493 e. The Hall–Kier alpha value is -2.88. The van der Waals surface area contributed by atoms with Gasteiger partial charge >= 0.3 is 0 Å². The zero-order chi connectivity index (χ0) is 25.9. The molecule has 1 unspecified atom stereocenters. The van der Waals surface area contributed by atoms with Gasteiger partial charge in [-0.3, -0.25) is 4.79 Å². The zero-order valence-corrected chi connectivity index (χ0v) is 22.6. The van der Waals surface area contributed by atoms with E-state index < -0.39 is 10.0 Å². The summed E-state index contributed by atoms with van der Waals surface area (Å²) in [6, 6.07) is 15.4. The fraction of sp³-hybridized carbons (Fsp3) is 0.370.